The van der Waals surface area contributed by atoms with Crippen LogP contribution in [0.25, 0.3) is 0 Å². The normalized spacial score (nSPS) is 14.3. The van der Waals surface area contributed by atoms with Crippen molar-refractivity contribution in [2.75, 3.05) is 6.54 Å². The minimum Gasteiger partial charge on any atom is -0.472 e. The quantitative estimate of drug-likeness (QED) is 0.680. The molecule has 5 heteroatoms. The second-order valence-electron chi connectivity index (χ2n) is 6.79. The van der Waals surface area contributed by atoms with Crippen LogP contribution >= 0.6 is 0 Å². The zero-order chi connectivity index (χ0) is 17.8. The van der Waals surface area contributed by atoms with E-state index in [4.69, 9.17) is 9.15 Å². The molecule has 0 saturated heterocycles. The predicted octanol–water partition coefficient (Wildman–Crippen LogP) is 3.65. The van der Waals surface area contributed by atoms with Gasteiger partial charge >= 0.3 is 0 Å². The number of fused-ring (bicyclic) bond motifs is 1. The molecule has 1 aliphatic heterocycles. The topological polar surface area (TPSA) is 51.4 Å². The van der Waals surface area contributed by atoms with E-state index < -0.39 is 0 Å². The molecule has 4 heterocycles. The molecular formula is C21H23N3O2. The highest BCUT2D eigenvalue weighted by atomic mass is 16.5. The maximum atomic E-state index is 5.91. The summed E-state index contributed by atoms with van der Waals surface area (Å²) in [7, 11) is 0. The highest BCUT2D eigenvalue weighted by Gasteiger charge is 2.19. The molecule has 3 aromatic heterocycles. The molecule has 4 rings (SSSR count). The summed E-state index contributed by atoms with van der Waals surface area (Å²) in [6.07, 6.45) is 8.50. The number of pyridine rings is 2. The Morgan fingerprint density at radius 2 is 2.15 bits per heavy atom. The molecule has 3 aromatic rings. The molecule has 26 heavy (non-hydrogen) atoms. The Balaban J connectivity index is 1.38. The monoisotopic (exact) mass is 349 g/mol. The van der Waals surface area contributed by atoms with Crippen LogP contribution in [0, 0.1) is 6.92 Å². The summed E-state index contributed by atoms with van der Waals surface area (Å²) >= 11 is 0. The van der Waals surface area contributed by atoms with Crippen molar-refractivity contribution in [1.29, 1.82) is 0 Å². The average molecular weight is 349 g/mol. The number of aromatic nitrogens is 2. The second-order valence-corrected chi connectivity index (χ2v) is 6.79. The van der Waals surface area contributed by atoms with Gasteiger partial charge in [0.2, 0.25) is 0 Å². The molecule has 134 valence electrons. The fraction of sp³-hybridized carbons (Fsp3) is 0.333. The van der Waals surface area contributed by atoms with E-state index in [-0.39, 0.29) is 0 Å². The summed E-state index contributed by atoms with van der Waals surface area (Å²) in [6.45, 7) is 5.97. The summed E-state index contributed by atoms with van der Waals surface area (Å²) in [4.78, 5) is 11.3. The molecule has 0 radical (unpaired) electrons. The first-order valence-electron chi connectivity index (χ1n) is 8.96. The first kappa shape index (κ1) is 16.9. The first-order chi connectivity index (χ1) is 12.8. The molecule has 0 atom stereocenters. The number of aryl methyl sites for hydroxylation is 1. The Labute approximate surface area is 153 Å². The van der Waals surface area contributed by atoms with Crippen LogP contribution in [0.3, 0.4) is 0 Å². The Morgan fingerprint density at radius 1 is 1.19 bits per heavy atom. The van der Waals surface area contributed by atoms with Crippen LogP contribution in [0.2, 0.25) is 0 Å². The van der Waals surface area contributed by atoms with Gasteiger partial charge in [0.05, 0.1) is 31.4 Å². The SMILES string of the molecule is Cc1cccc(COCc2cncc3c2CCN(Cc2ccoc2)C3)n1. The third-order valence-corrected chi connectivity index (χ3v) is 4.75. The maximum Gasteiger partial charge on any atom is 0.0947 e. The van der Waals surface area contributed by atoms with E-state index in [0.29, 0.717) is 13.2 Å². The number of hydrogen-bond acceptors (Lipinski definition) is 5. The third kappa shape index (κ3) is 4.00. The second kappa shape index (κ2) is 7.81. The Bertz CT molecular complexity index is 861. The predicted molar refractivity (Wildman–Crippen MR) is 98.2 cm³/mol. The van der Waals surface area contributed by atoms with Gasteiger partial charge in [0.1, 0.15) is 0 Å². The molecule has 0 fully saturated rings. The van der Waals surface area contributed by atoms with Crippen LogP contribution in [0.1, 0.15) is 33.6 Å². The molecule has 0 bridgehead atoms. The standard InChI is InChI=1S/C21H23N3O2/c1-16-3-2-4-20(23-16)15-26-14-19-10-22-9-18-12-24(7-5-21(18)19)11-17-6-8-25-13-17/h2-4,6,8-10,13H,5,7,11-12,14-15H2,1H3. The zero-order valence-electron chi connectivity index (χ0n) is 15.0. The van der Waals surface area contributed by atoms with Crippen LogP contribution in [0.4, 0.5) is 0 Å². The van der Waals surface area contributed by atoms with Gasteiger partial charge < -0.3 is 9.15 Å². The van der Waals surface area contributed by atoms with Crippen molar-refractivity contribution in [3.63, 3.8) is 0 Å². The summed E-state index contributed by atoms with van der Waals surface area (Å²) in [5, 5.41) is 0. The van der Waals surface area contributed by atoms with Crippen LogP contribution in [-0.4, -0.2) is 21.4 Å². The van der Waals surface area contributed by atoms with E-state index in [9.17, 15) is 0 Å². The van der Waals surface area contributed by atoms with Crippen molar-refractivity contribution in [1.82, 2.24) is 14.9 Å². The van der Waals surface area contributed by atoms with E-state index >= 15 is 0 Å². The molecule has 0 spiro atoms. The molecule has 1 aliphatic rings. The van der Waals surface area contributed by atoms with Crippen LogP contribution in [0.15, 0.2) is 53.6 Å². The van der Waals surface area contributed by atoms with Crippen molar-refractivity contribution < 1.29 is 9.15 Å². The molecule has 5 nitrogen and oxygen atoms in total. The molecule has 0 aliphatic carbocycles. The highest BCUT2D eigenvalue weighted by Crippen LogP contribution is 2.23. The van der Waals surface area contributed by atoms with Gasteiger partial charge in [-0.05, 0) is 48.2 Å². The van der Waals surface area contributed by atoms with E-state index in [1.165, 1.54) is 22.3 Å². The lowest BCUT2D eigenvalue weighted by atomic mass is 9.97. The van der Waals surface area contributed by atoms with E-state index in [1.54, 1.807) is 6.26 Å². The smallest absolute Gasteiger partial charge is 0.0947 e. The Kier molecular flexibility index (Phi) is 5.09. The third-order valence-electron chi connectivity index (χ3n) is 4.75. The summed E-state index contributed by atoms with van der Waals surface area (Å²) in [6, 6.07) is 8.04. The van der Waals surface area contributed by atoms with Gasteiger partial charge in [-0.3, -0.25) is 14.9 Å². The number of hydrogen-bond donors (Lipinski definition) is 0. The summed E-state index contributed by atoms with van der Waals surface area (Å²) in [5.74, 6) is 0. The van der Waals surface area contributed by atoms with Gasteiger partial charge in [-0.25, -0.2) is 0 Å². The molecular weight excluding hydrogens is 326 g/mol. The van der Waals surface area contributed by atoms with Gasteiger partial charge in [0, 0.05) is 43.3 Å². The number of nitrogens with zero attached hydrogens (tertiary/aromatic N) is 3. The lowest BCUT2D eigenvalue weighted by molar-refractivity contribution is 0.103. The van der Waals surface area contributed by atoms with E-state index in [0.717, 1.165) is 37.4 Å². The van der Waals surface area contributed by atoms with Gasteiger partial charge in [-0.2, -0.15) is 0 Å². The van der Waals surface area contributed by atoms with Crippen LogP contribution in [0.5, 0.6) is 0 Å². The maximum absolute atomic E-state index is 5.91. The molecule has 0 saturated carbocycles. The largest absolute Gasteiger partial charge is 0.472 e. The molecule has 0 amide bonds. The van der Waals surface area contributed by atoms with Gasteiger partial charge in [0.25, 0.3) is 0 Å². The minimum absolute atomic E-state index is 0.526. The molecule has 0 aromatic carbocycles. The van der Waals surface area contributed by atoms with Crippen LogP contribution < -0.4 is 0 Å². The number of rotatable bonds is 6. The lowest BCUT2D eigenvalue weighted by Gasteiger charge is -2.29. The minimum atomic E-state index is 0.526. The van der Waals surface area contributed by atoms with Gasteiger partial charge in [-0.15, -0.1) is 0 Å². The van der Waals surface area contributed by atoms with Gasteiger partial charge in [0.15, 0.2) is 0 Å². The molecule has 0 N–H and O–H groups in total. The van der Waals surface area contributed by atoms with E-state index in [2.05, 4.69) is 14.9 Å². The molecule has 0 unspecified atom stereocenters. The van der Waals surface area contributed by atoms with Crippen molar-refractivity contribution in [3.05, 3.63) is 82.8 Å². The first-order valence-corrected chi connectivity index (χ1v) is 8.96. The number of furan rings is 1. The lowest BCUT2D eigenvalue weighted by Crippen LogP contribution is -2.30. The Morgan fingerprint density at radius 3 is 3.00 bits per heavy atom. The number of ether oxygens (including phenoxy) is 1. The summed E-state index contributed by atoms with van der Waals surface area (Å²) < 4.78 is 11.1. The highest BCUT2D eigenvalue weighted by molar-refractivity contribution is 5.33. The van der Waals surface area contributed by atoms with Crippen molar-refractivity contribution in [2.45, 2.75) is 39.6 Å². The van der Waals surface area contributed by atoms with Crippen molar-refractivity contribution in [3.8, 4) is 0 Å². The van der Waals surface area contributed by atoms with Crippen molar-refractivity contribution in [2.24, 2.45) is 0 Å². The van der Waals surface area contributed by atoms with E-state index in [1.807, 2.05) is 49.8 Å². The zero-order valence-corrected chi connectivity index (χ0v) is 15.0. The summed E-state index contributed by atoms with van der Waals surface area (Å²) in [5.41, 5.74) is 7.08. The fourth-order valence-electron chi connectivity index (χ4n) is 3.47. The Hall–Kier alpha value is -2.50. The van der Waals surface area contributed by atoms with Crippen molar-refractivity contribution >= 4 is 0 Å². The van der Waals surface area contributed by atoms with Crippen LogP contribution in [-0.2, 0) is 37.5 Å². The fourth-order valence-corrected chi connectivity index (χ4v) is 3.47. The average Bonchev–Trinajstić information content (AvgIpc) is 3.15. The van der Waals surface area contributed by atoms with Gasteiger partial charge in [-0.1, -0.05) is 6.07 Å².